The minimum absolute atomic E-state index is 0.0980. The van der Waals surface area contributed by atoms with Crippen LogP contribution in [0.4, 0.5) is 17.5 Å². The Kier molecular flexibility index (Phi) is 8.15. The number of amides is 1. The van der Waals surface area contributed by atoms with Crippen molar-refractivity contribution in [2.24, 2.45) is 0 Å². The summed E-state index contributed by atoms with van der Waals surface area (Å²) in [7, 11) is 0. The van der Waals surface area contributed by atoms with Gasteiger partial charge in [-0.25, -0.2) is 4.98 Å². The molecule has 2 saturated heterocycles. The first kappa shape index (κ1) is 26.2. The third kappa shape index (κ3) is 6.08. The number of piperidine rings is 1. The molecule has 1 amide bonds. The predicted molar refractivity (Wildman–Crippen MR) is 157 cm³/mol. The Hall–Kier alpha value is -4.02. The van der Waals surface area contributed by atoms with Crippen molar-refractivity contribution in [2.45, 2.75) is 25.7 Å². The van der Waals surface area contributed by atoms with Crippen LogP contribution in [0.15, 0.2) is 60.9 Å². The van der Waals surface area contributed by atoms with Gasteiger partial charge in [0.15, 0.2) is 17.0 Å². The molecule has 2 aliphatic rings. The topological polar surface area (TPSA) is 100 Å². The SMILES string of the molecule is O=C(c1ccc(Nc2nc(NCCCN3CCOCC3)nc3c2ncn3-c2ccccc2)cc1)N1CCCCC1. The van der Waals surface area contributed by atoms with Gasteiger partial charge in [-0.3, -0.25) is 14.3 Å². The van der Waals surface area contributed by atoms with Gasteiger partial charge in [0.05, 0.1) is 13.2 Å². The average Bonchev–Trinajstić information content (AvgIpc) is 3.45. The number of carbonyl (C=O) groups is 1. The van der Waals surface area contributed by atoms with E-state index in [9.17, 15) is 4.79 Å². The Morgan fingerprint density at radius 2 is 1.68 bits per heavy atom. The smallest absolute Gasteiger partial charge is 0.253 e. The molecule has 0 spiro atoms. The third-order valence-corrected chi connectivity index (χ3v) is 7.51. The normalized spacial score (nSPS) is 16.2. The van der Waals surface area contributed by atoms with E-state index in [0.717, 1.165) is 88.8 Å². The zero-order valence-electron chi connectivity index (χ0n) is 22.8. The lowest BCUT2D eigenvalue weighted by atomic mass is 10.1. The van der Waals surface area contributed by atoms with Crippen LogP contribution in [0.25, 0.3) is 16.9 Å². The predicted octanol–water partition coefficient (Wildman–Crippen LogP) is 4.32. The number of likely N-dealkylation sites (tertiary alicyclic amines) is 1. The minimum Gasteiger partial charge on any atom is -0.379 e. The maximum atomic E-state index is 12.9. The van der Waals surface area contributed by atoms with Crippen molar-refractivity contribution >= 4 is 34.5 Å². The number of hydrogen-bond acceptors (Lipinski definition) is 8. The number of ether oxygens (including phenoxy) is 1. The molecule has 0 aliphatic carbocycles. The molecule has 0 bridgehead atoms. The van der Waals surface area contributed by atoms with Crippen LogP contribution in [0.2, 0.25) is 0 Å². The van der Waals surface area contributed by atoms with E-state index in [4.69, 9.17) is 14.7 Å². The summed E-state index contributed by atoms with van der Waals surface area (Å²) >= 11 is 0. The monoisotopic (exact) mass is 540 g/mol. The zero-order valence-corrected chi connectivity index (χ0v) is 22.8. The van der Waals surface area contributed by atoms with Gasteiger partial charge in [0.25, 0.3) is 5.91 Å². The molecule has 2 aliphatic heterocycles. The first-order valence-electron chi connectivity index (χ1n) is 14.3. The molecule has 4 aromatic rings. The van der Waals surface area contributed by atoms with Gasteiger partial charge < -0.3 is 20.3 Å². The number of aromatic nitrogens is 4. The fourth-order valence-corrected chi connectivity index (χ4v) is 5.28. The Balaban J connectivity index is 1.22. The fourth-order valence-electron chi connectivity index (χ4n) is 5.28. The number of rotatable bonds is 9. The highest BCUT2D eigenvalue weighted by Gasteiger charge is 2.19. The summed E-state index contributed by atoms with van der Waals surface area (Å²) in [5, 5.41) is 6.85. The molecule has 208 valence electrons. The molecule has 10 heteroatoms. The Labute approximate surface area is 234 Å². The summed E-state index contributed by atoms with van der Waals surface area (Å²) in [4.78, 5) is 31.6. The average molecular weight is 541 g/mol. The molecular formula is C30H36N8O2. The molecule has 2 aromatic carbocycles. The summed E-state index contributed by atoms with van der Waals surface area (Å²) in [6.45, 7) is 7.01. The van der Waals surface area contributed by atoms with E-state index in [-0.39, 0.29) is 5.91 Å². The summed E-state index contributed by atoms with van der Waals surface area (Å²) in [6, 6.07) is 17.7. The van der Waals surface area contributed by atoms with Crippen LogP contribution >= 0.6 is 0 Å². The van der Waals surface area contributed by atoms with Crippen LogP contribution < -0.4 is 10.6 Å². The molecule has 0 unspecified atom stereocenters. The lowest BCUT2D eigenvalue weighted by Gasteiger charge is -2.26. The van der Waals surface area contributed by atoms with Crippen molar-refractivity contribution in [3.8, 4) is 5.69 Å². The zero-order chi connectivity index (χ0) is 27.1. The maximum absolute atomic E-state index is 12.9. The fraction of sp³-hybridized carbons (Fsp3) is 0.400. The Morgan fingerprint density at radius 3 is 2.45 bits per heavy atom. The van der Waals surface area contributed by atoms with Crippen molar-refractivity contribution in [1.29, 1.82) is 0 Å². The van der Waals surface area contributed by atoms with E-state index in [1.807, 2.05) is 64.1 Å². The number of hydrogen-bond donors (Lipinski definition) is 2. The molecular weight excluding hydrogens is 504 g/mol. The van der Waals surface area contributed by atoms with Gasteiger partial charge >= 0.3 is 0 Å². The molecule has 2 N–H and O–H groups in total. The van der Waals surface area contributed by atoms with Crippen molar-refractivity contribution in [2.75, 3.05) is 63.1 Å². The van der Waals surface area contributed by atoms with Crippen molar-refractivity contribution < 1.29 is 9.53 Å². The van der Waals surface area contributed by atoms with Gasteiger partial charge in [0, 0.05) is 49.7 Å². The number of nitrogens with one attached hydrogen (secondary N) is 2. The molecule has 2 aromatic heterocycles. The number of anilines is 3. The van der Waals surface area contributed by atoms with Gasteiger partial charge in [0.2, 0.25) is 5.95 Å². The second kappa shape index (κ2) is 12.4. The van der Waals surface area contributed by atoms with E-state index in [2.05, 4.69) is 20.5 Å². The number of nitrogens with zero attached hydrogens (tertiary/aromatic N) is 6. The number of carbonyl (C=O) groups excluding carboxylic acids is 1. The first-order chi connectivity index (χ1) is 19.7. The molecule has 10 nitrogen and oxygen atoms in total. The van der Waals surface area contributed by atoms with Crippen LogP contribution in [-0.2, 0) is 4.74 Å². The standard InChI is InChI=1S/C30H36N8O2/c39-29(37-16-5-2-6-17-37)23-10-12-24(13-11-23)33-27-26-28(38(22-32-26)25-8-3-1-4-9-25)35-30(34-27)31-14-7-15-36-18-20-40-21-19-36/h1,3-4,8-13,22H,2,5-7,14-21H2,(H2,31,33,34,35). The molecule has 40 heavy (non-hydrogen) atoms. The summed E-state index contributed by atoms with van der Waals surface area (Å²) in [5.74, 6) is 1.26. The van der Waals surface area contributed by atoms with Gasteiger partial charge in [-0.05, 0) is 68.6 Å². The van der Waals surface area contributed by atoms with E-state index < -0.39 is 0 Å². The summed E-state index contributed by atoms with van der Waals surface area (Å²) in [5.41, 5.74) is 3.92. The van der Waals surface area contributed by atoms with E-state index in [1.54, 1.807) is 6.33 Å². The lowest BCUT2D eigenvalue weighted by molar-refractivity contribution is 0.0378. The van der Waals surface area contributed by atoms with E-state index in [1.165, 1.54) is 6.42 Å². The van der Waals surface area contributed by atoms with Crippen LogP contribution in [0, 0.1) is 0 Å². The molecule has 2 fully saturated rings. The van der Waals surface area contributed by atoms with Crippen LogP contribution in [0.5, 0.6) is 0 Å². The van der Waals surface area contributed by atoms with Crippen molar-refractivity contribution in [1.82, 2.24) is 29.3 Å². The largest absolute Gasteiger partial charge is 0.379 e. The summed E-state index contributed by atoms with van der Waals surface area (Å²) in [6.07, 6.45) is 6.12. The van der Waals surface area contributed by atoms with Crippen molar-refractivity contribution in [3.05, 3.63) is 66.5 Å². The van der Waals surface area contributed by atoms with Gasteiger partial charge in [-0.15, -0.1) is 0 Å². The highest BCUT2D eigenvalue weighted by molar-refractivity contribution is 5.95. The number of morpholine rings is 1. The molecule has 6 rings (SSSR count). The Bertz CT molecular complexity index is 1410. The molecule has 0 atom stereocenters. The van der Waals surface area contributed by atoms with E-state index >= 15 is 0 Å². The van der Waals surface area contributed by atoms with Crippen LogP contribution in [0.3, 0.4) is 0 Å². The first-order valence-corrected chi connectivity index (χ1v) is 14.3. The van der Waals surface area contributed by atoms with Crippen LogP contribution in [0.1, 0.15) is 36.0 Å². The quantitative estimate of drug-likeness (QED) is 0.303. The van der Waals surface area contributed by atoms with Gasteiger partial charge in [-0.2, -0.15) is 9.97 Å². The number of para-hydroxylation sites is 1. The maximum Gasteiger partial charge on any atom is 0.253 e. The third-order valence-electron chi connectivity index (χ3n) is 7.51. The van der Waals surface area contributed by atoms with E-state index in [0.29, 0.717) is 22.8 Å². The number of imidazole rings is 1. The van der Waals surface area contributed by atoms with Crippen LogP contribution in [-0.4, -0.2) is 87.7 Å². The second-order valence-corrected chi connectivity index (χ2v) is 10.3. The highest BCUT2D eigenvalue weighted by Crippen LogP contribution is 2.27. The van der Waals surface area contributed by atoms with Crippen molar-refractivity contribution in [3.63, 3.8) is 0 Å². The number of fused-ring (bicyclic) bond motifs is 1. The Morgan fingerprint density at radius 1 is 0.900 bits per heavy atom. The van der Waals surface area contributed by atoms with Gasteiger partial charge in [0.1, 0.15) is 6.33 Å². The minimum atomic E-state index is 0.0980. The summed E-state index contributed by atoms with van der Waals surface area (Å²) < 4.78 is 7.43. The number of benzene rings is 2. The molecule has 0 radical (unpaired) electrons. The molecule has 4 heterocycles. The lowest BCUT2D eigenvalue weighted by Crippen LogP contribution is -2.37. The second-order valence-electron chi connectivity index (χ2n) is 10.3. The van der Waals surface area contributed by atoms with Gasteiger partial charge in [-0.1, -0.05) is 18.2 Å². The highest BCUT2D eigenvalue weighted by atomic mass is 16.5. The molecule has 0 saturated carbocycles.